The van der Waals surface area contributed by atoms with Gasteiger partial charge in [0.1, 0.15) is 5.84 Å². The molecule has 104 valence electrons. The van der Waals surface area contributed by atoms with Gasteiger partial charge in [-0.1, -0.05) is 18.2 Å². The fraction of sp³-hybridized carbons (Fsp3) is 0.400. The van der Waals surface area contributed by atoms with E-state index >= 15 is 0 Å². The second kappa shape index (κ2) is 5.07. The van der Waals surface area contributed by atoms with Gasteiger partial charge in [0.2, 0.25) is 5.91 Å². The number of carbonyl (C=O) groups excluding carboxylic acids is 2. The molecular weight excluding hydrogens is 254 g/mol. The first-order valence-corrected chi connectivity index (χ1v) is 6.85. The van der Waals surface area contributed by atoms with E-state index in [2.05, 4.69) is 10.3 Å². The number of piperidine rings is 1. The number of carbonyl (C=O) groups is 2. The summed E-state index contributed by atoms with van der Waals surface area (Å²) < 4.78 is 0. The lowest BCUT2D eigenvalue weighted by Gasteiger charge is -2.38. The Morgan fingerprint density at radius 3 is 2.85 bits per heavy atom. The van der Waals surface area contributed by atoms with Crippen LogP contribution < -0.4 is 5.32 Å². The number of hydrogen-bond acceptors (Lipinski definition) is 3. The average Bonchev–Trinajstić information content (AvgIpc) is 2.47. The molecule has 2 amide bonds. The van der Waals surface area contributed by atoms with Crippen LogP contribution in [0.4, 0.5) is 0 Å². The molecule has 20 heavy (non-hydrogen) atoms. The number of likely N-dealkylation sites (tertiary alicyclic amines) is 1. The van der Waals surface area contributed by atoms with E-state index in [9.17, 15) is 9.59 Å². The summed E-state index contributed by atoms with van der Waals surface area (Å²) in [5.74, 6) is 0.426. The number of nitrogens with one attached hydrogen (secondary N) is 1. The molecule has 0 aromatic heterocycles. The van der Waals surface area contributed by atoms with Gasteiger partial charge in [-0.05, 0) is 25.5 Å². The van der Waals surface area contributed by atoms with Crippen LogP contribution in [0.2, 0.25) is 0 Å². The molecule has 0 saturated carbocycles. The SMILES string of the molecule is CC1=N[C@@H]2CCN(C(=O)c3ccccc3)C[C@H]2C(=O)N1. The molecule has 1 saturated heterocycles. The maximum absolute atomic E-state index is 12.4. The lowest BCUT2D eigenvalue weighted by Crippen LogP contribution is -2.54. The number of fused-ring (bicyclic) bond motifs is 1. The molecule has 0 bridgehead atoms. The summed E-state index contributed by atoms with van der Waals surface area (Å²) in [5, 5.41) is 2.75. The van der Waals surface area contributed by atoms with Crippen molar-refractivity contribution in [2.24, 2.45) is 10.9 Å². The molecule has 1 N–H and O–H groups in total. The first-order chi connectivity index (χ1) is 9.65. The van der Waals surface area contributed by atoms with Crippen molar-refractivity contribution in [1.29, 1.82) is 0 Å². The highest BCUT2D eigenvalue weighted by Crippen LogP contribution is 2.24. The predicted molar refractivity (Wildman–Crippen MR) is 75.5 cm³/mol. The van der Waals surface area contributed by atoms with Crippen molar-refractivity contribution in [1.82, 2.24) is 10.2 Å². The lowest BCUT2D eigenvalue weighted by atomic mass is 9.90. The molecule has 1 fully saturated rings. The van der Waals surface area contributed by atoms with Gasteiger partial charge in [-0.3, -0.25) is 14.6 Å². The molecule has 0 radical (unpaired) electrons. The number of nitrogens with zero attached hydrogens (tertiary/aromatic N) is 2. The molecule has 2 heterocycles. The number of amides is 2. The average molecular weight is 271 g/mol. The minimum atomic E-state index is -0.222. The van der Waals surface area contributed by atoms with Crippen LogP contribution in [-0.4, -0.2) is 41.7 Å². The number of amidine groups is 1. The Balaban J connectivity index is 1.76. The lowest BCUT2D eigenvalue weighted by molar-refractivity contribution is -0.126. The van der Waals surface area contributed by atoms with Gasteiger partial charge < -0.3 is 10.2 Å². The Hall–Kier alpha value is -2.17. The second-order valence-corrected chi connectivity index (χ2v) is 5.28. The molecule has 2 aliphatic rings. The van der Waals surface area contributed by atoms with Crippen molar-refractivity contribution in [2.45, 2.75) is 19.4 Å². The van der Waals surface area contributed by atoms with E-state index in [1.54, 1.807) is 24.0 Å². The van der Waals surface area contributed by atoms with Crippen LogP contribution in [0, 0.1) is 5.92 Å². The van der Waals surface area contributed by atoms with Crippen LogP contribution in [0.25, 0.3) is 0 Å². The summed E-state index contributed by atoms with van der Waals surface area (Å²) in [7, 11) is 0. The van der Waals surface area contributed by atoms with Crippen LogP contribution in [0.15, 0.2) is 35.3 Å². The van der Waals surface area contributed by atoms with Crippen molar-refractivity contribution in [2.75, 3.05) is 13.1 Å². The highest BCUT2D eigenvalue weighted by Gasteiger charge is 2.38. The number of benzene rings is 1. The number of hydrogen-bond donors (Lipinski definition) is 1. The summed E-state index contributed by atoms with van der Waals surface area (Å²) >= 11 is 0. The third-order valence-electron chi connectivity index (χ3n) is 3.88. The maximum Gasteiger partial charge on any atom is 0.253 e. The molecule has 0 unspecified atom stereocenters. The normalized spacial score (nSPS) is 25.6. The topological polar surface area (TPSA) is 61.8 Å². The van der Waals surface area contributed by atoms with Crippen LogP contribution in [0.5, 0.6) is 0 Å². The monoisotopic (exact) mass is 271 g/mol. The predicted octanol–water partition coefficient (Wildman–Crippen LogP) is 1.07. The second-order valence-electron chi connectivity index (χ2n) is 5.28. The van der Waals surface area contributed by atoms with Gasteiger partial charge in [-0.25, -0.2) is 0 Å². The smallest absolute Gasteiger partial charge is 0.253 e. The summed E-state index contributed by atoms with van der Waals surface area (Å²) in [6.07, 6.45) is 0.744. The van der Waals surface area contributed by atoms with Crippen molar-refractivity contribution >= 4 is 17.6 Å². The quantitative estimate of drug-likeness (QED) is 0.830. The Morgan fingerprint density at radius 1 is 1.35 bits per heavy atom. The van der Waals surface area contributed by atoms with Crippen molar-refractivity contribution < 1.29 is 9.59 Å². The minimum Gasteiger partial charge on any atom is -0.338 e. The van der Waals surface area contributed by atoms with Gasteiger partial charge in [0.05, 0.1) is 12.0 Å². The molecule has 1 aromatic carbocycles. The zero-order valence-corrected chi connectivity index (χ0v) is 11.4. The third-order valence-corrected chi connectivity index (χ3v) is 3.88. The fourth-order valence-electron chi connectivity index (χ4n) is 2.85. The number of rotatable bonds is 1. The van der Waals surface area contributed by atoms with Crippen molar-refractivity contribution in [3.8, 4) is 0 Å². The Bertz CT molecular complexity index is 568. The molecule has 5 nitrogen and oxygen atoms in total. The van der Waals surface area contributed by atoms with Gasteiger partial charge in [-0.2, -0.15) is 0 Å². The van der Waals surface area contributed by atoms with Gasteiger partial charge in [0.15, 0.2) is 0 Å². The van der Waals surface area contributed by atoms with E-state index in [1.165, 1.54) is 0 Å². The zero-order chi connectivity index (χ0) is 14.1. The van der Waals surface area contributed by atoms with Gasteiger partial charge >= 0.3 is 0 Å². The largest absolute Gasteiger partial charge is 0.338 e. The van der Waals surface area contributed by atoms with Gasteiger partial charge in [0, 0.05) is 18.7 Å². The molecule has 2 atom stereocenters. The summed E-state index contributed by atoms with van der Waals surface area (Å²) in [6, 6.07) is 9.20. The highest BCUT2D eigenvalue weighted by molar-refractivity contribution is 6.01. The molecule has 0 aliphatic carbocycles. The van der Waals surface area contributed by atoms with E-state index < -0.39 is 0 Å². The maximum atomic E-state index is 12.4. The van der Waals surface area contributed by atoms with E-state index in [0.717, 1.165) is 6.42 Å². The Labute approximate surface area is 117 Å². The van der Waals surface area contributed by atoms with Crippen LogP contribution in [-0.2, 0) is 4.79 Å². The molecule has 5 heteroatoms. The summed E-state index contributed by atoms with van der Waals surface area (Å²) in [5.41, 5.74) is 0.668. The standard InChI is InChI=1S/C15H17N3O2/c1-10-16-13-7-8-18(9-12(13)14(19)17-10)15(20)11-5-3-2-4-6-11/h2-6,12-13H,7-9H2,1H3,(H,16,17,19)/t12-,13-/m1/s1. The van der Waals surface area contributed by atoms with Crippen LogP contribution >= 0.6 is 0 Å². The van der Waals surface area contributed by atoms with Crippen LogP contribution in [0.1, 0.15) is 23.7 Å². The molecule has 2 aliphatic heterocycles. The molecule has 1 aromatic rings. The Morgan fingerprint density at radius 2 is 2.10 bits per heavy atom. The minimum absolute atomic E-state index is 0.0110. The fourth-order valence-corrected chi connectivity index (χ4v) is 2.85. The Kier molecular flexibility index (Phi) is 3.26. The van der Waals surface area contributed by atoms with Crippen molar-refractivity contribution in [3.63, 3.8) is 0 Å². The van der Waals surface area contributed by atoms with E-state index in [-0.39, 0.29) is 23.8 Å². The van der Waals surface area contributed by atoms with Crippen molar-refractivity contribution in [3.05, 3.63) is 35.9 Å². The first-order valence-electron chi connectivity index (χ1n) is 6.85. The van der Waals surface area contributed by atoms with Crippen LogP contribution in [0.3, 0.4) is 0 Å². The van der Waals surface area contributed by atoms with E-state index in [1.807, 2.05) is 18.2 Å². The van der Waals surface area contributed by atoms with E-state index in [0.29, 0.717) is 24.5 Å². The van der Waals surface area contributed by atoms with E-state index in [4.69, 9.17) is 0 Å². The van der Waals surface area contributed by atoms with Gasteiger partial charge in [-0.15, -0.1) is 0 Å². The molecular formula is C15H17N3O2. The highest BCUT2D eigenvalue weighted by atomic mass is 16.2. The zero-order valence-electron chi connectivity index (χ0n) is 11.4. The summed E-state index contributed by atoms with van der Waals surface area (Å²) in [4.78, 5) is 30.6. The van der Waals surface area contributed by atoms with Gasteiger partial charge in [0.25, 0.3) is 5.91 Å². The number of aliphatic imine (C=N–C) groups is 1. The first kappa shape index (κ1) is 12.8. The molecule has 3 rings (SSSR count). The third kappa shape index (κ3) is 2.31. The summed E-state index contributed by atoms with van der Waals surface area (Å²) in [6.45, 7) is 2.90. The molecule has 0 spiro atoms.